The van der Waals surface area contributed by atoms with Crippen molar-refractivity contribution in [3.8, 4) is 0 Å². The highest BCUT2D eigenvalue weighted by atomic mass is 16.4. The first kappa shape index (κ1) is 17.7. The number of hydrogen-bond acceptors (Lipinski definition) is 4. The lowest BCUT2D eigenvalue weighted by Crippen LogP contribution is -2.35. The Bertz CT molecular complexity index is 845. The number of hydrogen-bond donors (Lipinski definition) is 2. The summed E-state index contributed by atoms with van der Waals surface area (Å²) in [6.45, 7) is 2.03. The minimum absolute atomic E-state index is 0.0910. The monoisotopic (exact) mass is 352 g/mol. The molecule has 26 heavy (non-hydrogen) atoms. The number of carboxylic acid groups (broad SMARTS) is 1. The largest absolute Gasteiger partial charge is 0.481 e. The van der Waals surface area contributed by atoms with Crippen LogP contribution < -0.4 is 10.2 Å². The van der Waals surface area contributed by atoms with Crippen LogP contribution in [0.5, 0.6) is 0 Å². The summed E-state index contributed by atoms with van der Waals surface area (Å²) in [7, 11) is 0. The normalized spacial score (nSPS) is 16.8. The number of carbonyl (C=O) groups excluding carboxylic acids is 2. The molecule has 1 aliphatic rings. The van der Waals surface area contributed by atoms with Crippen molar-refractivity contribution in [2.24, 2.45) is 0 Å². The van der Waals surface area contributed by atoms with Crippen LogP contribution in [0.2, 0.25) is 0 Å². The predicted octanol–water partition coefficient (Wildman–Crippen LogP) is 2.62. The summed E-state index contributed by atoms with van der Waals surface area (Å²) in [5, 5.41) is 12.0. The molecule has 0 spiro atoms. The van der Waals surface area contributed by atoms with Gasteiger partial charge in [0.2, 0.25) is 5.91 Å². The van der Waals surface area contributed by atoms with E-state index in [9.17, 15) is 14.4 Å². The molecule has 0 bridgehead atoms. The molecule has 0 aliphatic carbocycles. The SMILES string of the molecule is CCc1ccccc1NC1CC(=O)N(c2ccc(CC(=O)O)cc2)C1=O. The van der Waals surface area contributed by atoms with E-state index in [4.69, 9.17) is 5.11 Å². The van der Waals surface area contributed by atoms with Crippen LogP contribution in [-0.2, 0) is 27.2 Å². The maximum atomic E-state index is 12.7. The van der Waals surface area contributed by atoms with Crippen LogP contribution in [0.3, 0.4) is 0 Å². The molecule has 1 aliphatic heterocycles. The fourth-order valence-electron chi connectivity index (χ4n) is 3.11. The maximum absolute atomic E-state index is 12.7. The number of imide groups is 1. The van der Waals surface area contributed by atoms with Gasteiger partial charge in [-0.3, -0.25) is 14.4 Å². The third-order valence-electron chi connectivity index (χ3n) is 4.42. The van der Waals surface area contributed by atoms with E-state index in [1.54, 1.807) is 24.3 Å². The van der Waals surface area contributed by atoms with Crippen LogP contribution >= 0.6 is 0 Å². The minimum Gasteiger partial charge on any atom is -0.481 e. The van der Waals surface area contributed by atoms with Crippen molar-refractivity contribution in [2.45, 2.75) is 32.2 Å². The molecule has 6 heteroatoms. The Labute approximate surface area is 151 Å². The maximum Gasteiger partial charge on any atom is 0.307 e. The van der Waals surface area contributed by atoms with E-state index in [0.717, 1.165) is 22.6 Å². The molecule has 2 N–H and O–H groups in total. The predicted molar refractivity (Wildman–Crippen MR) is 98.1 cm³/mol. The summed E-state index contributed by atoms with van der Waals surface area (Å²) >= 11 is 0. The van der Waals surface area contributed by atoms with Crippen molar-refractivity contribution in [3.05, 3.63) is 59.7 Å². The van der Waals surface area contributed by atoms with Gasteiger partial charge in [0.15, 0.2) is 0 Å². The lowest BCUT2D eigenvalue weighted by Gasteiger charge is -2.17. The molecule has 1 heterocycles. The minimum atomic E-state index is -0.926. The van der Waals surface area contributed by atoms with Gasteiger partial charge < -0.3 is 10.4 Å². The second-order valence-electron chi connectivity index (χ2n) is 6.22. The molecule has 0 saturated carbocycles. The van der Waals surface area contributed by atoms with Gasteiger partial charge in [0, 0.05) is 5.69 Å². The smallest absolute Gasteiger partial charge is 0.307 e. The van der Waals surface area contributed by atoms with E-state index in [-0.39, 0.29) is 24.7 Å². The Morgan fingerprint density at radius 1 is 1.15 bits per heavy atom. The van der Waals surface area contributed by atoms with E-state index in [1.165, 1.54) is 0 Å². The average Bonchev–Trinajstić information content (AvgIpc) is 2.89. The molecule has 6 nitrogen and oxygen atoms in total. The third kappa shape index (κ3) is 3.59. The molecule has 1 atom stereocenters. The summed E-state index contributed by atoms with van der Waals surface area (Å²) in [4.78, 5) is 37.0. The molecule has 2 aromatic rings. The van der Waals surface area contributed by atoms with Crippen LogP contribution in [-0.4, -0.2) is 28.9 Å². The van der Waals surface area contributed by atoms with Crippen LogP contribution in [0.15, 0.2) is 48.5 Å². The highest BCUT2D eigenvalue weighted by Crippen LogP contribution is 2.26. The van der Waals surface area contributed by atoms with Crippen molar-refractivity contribution in [1.29, 1.82) is 0 Å². The summed E-state index contributed by atoms with van der Waals surface area (Å²) in [6, 6.07) is 13.6. The van der Waals surface area contributed by atoms with Crippen LogP contribution in [0.4, 0.5) is 11.4 Å². The molecule has 2 amide bonds. The van der Waals surface area contributed by atoms with Gasteiger partial charge >= 0.3 is 5.97 Å². The van der Waals surface area contributed by atoms with Gasteiger partial charge in [-0.15, -0.1) is 0 Å². The second-order valence-corrected chi connectivity index (χ2v) is 6.22. The van der Waals surface area contributed by atoms with Gasteiger partial charge in [-0.05, 0) is 35.7 Å². The Hall–Kier alpha value is -3.15. The summed E-state index contributed by atoms with van der Waals surface area (Å²) in [5.41, 5.74) is 3.03. The van der Waals surface area contributed by atoms with Gasteiger partial charge in [0.1, 0.15) is 6.04 Å². The standard InChI is InChI=1S/C20H20N2O4/c1-2-14-5-3-4-6-16(14)21-17-12-18(23)22(20(17)26)15-9-7-13(8-10-15)11-19(24)25/h3-10,17,21H,2,11-12H2,1H3,(H,24,25). The number of amides is 2. The fraction of sp³-hybridized carbons (Fsp3) is 0.250. The summed E-state index contributed by atoms with van der Waals surface area (Å²) < 4.78 is 0. The molecule has 0 radical (unpaired) electrons. The molecule has 2 aromatic carbocycles. The highest BCUT2D eigenvalue weighted by Gasteiger charge is 2.39. The Kier molecular flexibility index (Phi) is 5.02. The van der Waals surface area contributed by atoms with Crippen molar-refractivity contribution in [1.82, 2.24) is 0 Å². The van der Waals surface area contributed by atoms with Crippen LogP contribution in [0.1, 0.15) is 24.5 Å². The van der Waals surface area contributed by atoms with Crippen molar-refractivity contribution in [3.63, 3.8) is 0 Å². The summed E-state index contributed by atoms with van der Waals surface area (Å²) in [5.74, 6) is -1.50. The molecule has 1 unspecified atom stereocenters. The average molecular weight is 352 g/mol. The fourth-order valence-corrected chi connectivity index (χ4v) is 3.11. The number of nitrogens with one attached hydrogen (secondary N) is 1. The van der Waals surface area contributed by atoms with E-state index in [0.29, 0.717) is 11.3 Å². The van der Waals surface area contributed by atoms with Gasteiger partial charge in [0.05, 0.1) is 18.5 Å². The number of rotatable bonds is 6. The zero-order chi connectivity index (χ0) is 18.7. The lowest BCUT2D eigenvalue weighted by molar-refractivity contribution is -0.136. The number of para-hydroxylation sites is 1. The Morgan fingerprint density at radius 2 is 1.85 bits per heavy atom. The van der Waals surface area contributed by atoms with Gasteiger partial charge in [-0.25, -0.2) is 4.90 Å². The molecule has 1 fully saturated rings. The topological polar surface area (TPSA) is 86.7 Å². The zero-order valence-corrected chi connectivity index (χ0v) is 14.4. The quantitative estimate of drug-likeness (QED) is 0.781. The van der Waals surface area contributed by atoms with Crippen LogP contribution in [0.25, 0.3) is 0 Å². The third-order valence-corrected chi connectivity index (χ3v) is 4.42. The second kappa shape index (κ2) is 7.39. The van der Waals surface area contributed by atoms with E-state index in [1.807, 2.05) is 31.2 Å². The first-order valence-corrected chi connectivity index (χ1v) is 8.51. The number of aliphatic carboxylic acids is 1. The number of carboxylic acids is 1. The van der Waals surface area contributed by atoms with E-state index >= 15 is 0 Å². The molecular formula is C20H20N2O4. The first-order valence-electron chi connectivity index (χ1n) is 8.51. The molecule has 0 aromatic heterocycles. The number of benzene rings is 2. The van der Waals surface area contributed by atoms with Crippen molar-refractivity contribution >= 4 is 29.2 Å². The lowest BCUT2D eigenvalue weighted by atomic mass is 10.1. The number of nitrogens with zero attached hydrogens (tertiary/aromatic N) is 1. The van der Waals surface area contributed by atoms with Gasteiger partial charge in [-0.2, -0.15) is 0 Å². The van der Waals surface area contributed by atoms with Crippen LogP contribution in [0, 0.1) is 0 Å². The van der Waals surface area contributed by atoms with Crippen molar-refractivity contribution in [2.75, 3.05) is 10.2 Å². The van der Waals surface area contributed by atoms with E-state index < -0.39 is 12.0 Å². The summed E-state index contributed by atoms with van der Waals surface area (Å²) in [6.07, 6.45) is 0.820. The molecular weight excluding hydrogens is 332 g/mol. The van der Waals surface area contributed by atoms with Crippen molar-refractivity contribution < 1.29 is 19.5 Å². The number of aryl methyl sites for hydroxylation is 1. The number of anilines is 2. The van der Waals surface area contributed by atoms with E-state index in [2.05, 4.69) is 5.32 Å². The first-order chi connectivity index (χ1) is 12.5. The highest BCUT2D eigenvalue weighted by molar-refractivity contribution is 6.23. The number of carbonyl (C=O) groups is 3. The zero-order valence-electron chi connectivity index (χ0n) is 14.4. The molecule has 3 rings (SSSR count). The van der Waals surface area contributed by atoms with Gasteiger partial charge in [-0.1, -0.05) is 37.3 Å². The Morgan fingerprint density at radius 3 is 2.50 bits per heavy atom. The van der Waals surface area contributed by atoms with Gasteiger partial charge in [0.25, 0.3) is 5.91 Å². The molecule has 134 valence electrons. The Balaban J connectivity index is 1.77. The molecule has 1 saturated heterocycles.